The molecule has 1 atom stereocenters. The summed E-state index contributed by atoms with van der Waals surface area (Å²) in [6.45, 7) is 0. The van der Waals surface area contributed by atoms with Crippen LogP contribution in [0.4, 0.5) is 13.2 Å². The zero-order valence-corrected chi connectivity index (χ0v) is 10.2. The molecule has 0 saturated heterocycles. The molecule has 1 nitrogen and oxygen atoms in total. The normalized spacial score (nSPS) is 13.9. The zero-order valence-electron chi connectivity index (χ0n) is 8.63. The van der Waals surface area contributed by atoms with Crippen molar-refractivity contribution in [3.63, 3.8) is 0 Å². The lowest BCUT2D eigenvalue weighted by Crippen LogP contribution is -2.28. The predicted molar refractivity (Wildman–Crippen MR) is 64.6 cm³/mol. The van der Waals surface area contributed by atoms with Crippen LogP contribution in [0.3, 0.4) is 0 Å². The van der Waals surface area contributed by atoms with E-state index in [1.807, 2.05) is 12.1 Å². The molecular weight excluding hydrogens is 295 g/mol. The van der Waals surface area contributed by atoms with Gasteiger partial charge in [-0.05, 0) is 28.5 Å². The highest BCUT2D eigenvalue weighted by atomic mass is 79.9. The van der Waals surface area contributed by atoms with Gasteiger partial charge in [-0.1, -0.05) is 40.2 Å². The zero-order chi connectivity index (χ0) is 12.6. The lowest BCUT2D eigenvalue weighted by molar-refractivity contribution is -0.149. The number of alkyl halides is 3. The van der Waals surface area contributed by atoms with Crippen molar-refractivity contribution >= 4 is 26.7 Å². The fourth-order valence-electron chi connectivity index (χ4n) is 1.64. The number of rotatable bonds is 1. The molecule has 2 rings (SSSR count). The van der Waals surface area contributed by atoms with Crippen LogP contribution in [-0.2, 0) is 0 Å². The third-order valence-corrected chi connectivity index (χ3v) is 3.24. The number of benzene rings is 2. The average Bonchev–Trinajstić information content (AvgIpc) is 2.26. The fourth-order valence-corrected chi connectivity index (χ4v) is 2.25. The van der Waals surface area contributed by atoms with Crippen LogP contribution >= 0.6 is 15.9 Å². The Balaban J connectivity index is 2.58. The molecule has 90 valence electrons. The van der Waals surface area contributed by atoms with Crippen molar-refractivity contribution < 1.29 is 13.2 Å². The van der Waals surface area contributed by atoms with Crippen LogP contribution in [-0.4, -0.2) is 6.18 Å². The summed E-state index contributed by atoms with van der Waals surface area (Å²) in [5.74, 6) is 0. The van der Waals surface area contributed by atoms with E-state index in [1.54, 1.807) is 18.2 Å². The first-order chi connectivity index (χ1) is 7.89. The van der Waals surface area contributed by atoms with Crippen LogP contribution in [0.2, 0.25) is 0 Å². The first-order valence-corrected chi connectivity index (χ1v) is 5.69. The molecule has 17 heavy (non-hydrogen) atoms. The minimum Gasteiger partial charge on any atom is -0.316 e. The van der Waals surface area contributed by atoms with Crippen LogP contribution in [0.5, 0.6) is 0 Å². The molecule has 2 N–H and O–H groups in total. The maximum atomic E-state index is 12.6. The largest absolute Gasteiger partial charge is 0.407 e. The van der Waals surface area contributed by atoms with Crippen LogP contribution < -0.4 is 5.73 Å². The van der Waals surface area contributed by atoms with Crippen molar-refractivity contribution in [1.82, 2.24) is 0 Å². The molecule has 0 heterocycles. The Morgan fingerprint density at radius 2 is 1.59 bits per heavy atom. The number of hydrogen-bond acceptors (Lipinski definition) is 1. The monoisotopic (exact) mass is 303 g/mol. The lowest BCUT2D eigenvalue weighted by atomic mass is 10.0. The number of fused-ring (bicyclic) bond motifs is 1. The summed E-state index contributed by atoms with van der Waals surface area (Å²) >= 11 is 3.13. The first kappa shape index (κ1) is 12.4. The number of nitrogens with two attached hydrogens (primary N) is 1. The van der Waals surface area contributed by atoms with E-state index in [9.17, 15) is 13.2 Å². The van der Waals surface area contributed by atoms with Gasteiger partial charge in [0.2, 0.25) is 0 Å². The second kappa shape index (κ2) is 4.31. The van der Waals surface area contributed by atoms with Crippen LogP contribution in [0.1, 0.15) is 11.6 Å². The number of hydrogen-bond donors (Lipinski definition) is 1. The maximum Gasteiger partial charge on any atom is 0.407 e. The Hall–Kier alpha value is -1.07. The topological polar surface area (TPSA) is 26.0 Å². The minimum atomic E-state index is -4.44. The molecule has 0 amide bonds. The smallest absolute Gasteiger partial charge is 0.316 e. The molecule has 0 bridgehead atoms. The van der Waals surface area contributed by atoms with Crippen molar-refractivity contribution in [3.05, 3.63) is 46.4 Å². The second-order valence-corrected chi connectivity index (χ2v) is 4.59. The Morgan fingerprint density at radius 3 is 2.12 bits per heavy atom. The summed E-state index contributed by atoms with van der Waals surface area (Å²) in [6, 6.07) is 8.35. The van der Waals surface area contributed by atoms with E-state index in [4.69, 9.17) is 5.73 Å². The third kappa shape index (κ3) is 2.45. The predicted octanol–water partition coefficient (Wildman–Crippen LogP) is 4.16. The van der Waals surface area contributed by atoms with Crippen molar-refractivity contribution in [1.29, 1.82) is 0 Å². The molecule has 0 spiro atoms. The van der Waals surface area contributed by atoms with Gasteiger partial charge in [0.25, 0.3) is 0 Å². The van der Waals surface area contributed by atoms with Gasteiger partial charge in [-0.15, -0.1) is 0 Å². The van der Waals surface area contributed by atoms with Gasteiger partial charge in [-0.3, -0.25) is 0 Å². The highest BCUT2D eigenvalue weighted by Crippen LogP contribution is 2.36. The van der Waals surface area contributed by atoms with Gasteiger partial charge in [0.05, 0.1) is 0 Å². The Morgan fingerprint density at radius 1 is 1.06 bits per heavy atom. The van der Waals surface area contributed by atoms with Crippen molar-refractivity contribution in [2.75, 3.05) is 0 Å². The van der Waals surface area contributed by atoms with E-state index >= 15 is 0 Å². The molecule has 0 aliphatic heterocycles. The van der Waals surface area contributed by atoms with Crippen molar-refractivity contribution in [3.8, 4) is 0 Å². The first-order valence-electron chi connectivity index (χ1n) is 4.90. The van der Waals surface area contributed by atoms with Crippen molar-refractivity contribution in [2.24, 2.45) is 5.73 Å². The van der Waals surface area contributed by atoms with Gasteiger partial charge in [0.1, 0.15) is 6.04 Å². The molecule has 5 heteroatoms. The molecule has 2 aromatic carbocycles. The molecule has 0 saturated carbocycles. The average molecular weight is 304 g/mol. The van der Waals surface area contributed by atoms with Gasteiger partial charge in [0.15, 0.2) is 0 Å². The molecule has 0 unspecified atom stereocenters. The van der Waals surface area contributed by atoms with Gasteiger partial charge < -0.3 is 5.73 Å². The second-order valence-electron chi connectivity index (χ2n) is 3.74. The summed E-state index contributed by atoms with van der Waals surface area (Å²) in [5.41, 5.74) is 5.26. The Bertz CT molecular complexity index is 551. The number of halogens is 4. The van der Waals surface area contributed by atoms with E-state index in [1.165, 1.54) is 6.07 Å². The quantitative estimate of drug-likeness (QED) is 0.841. The summed E-state index contributed by atoms with van der Waals surface area (Å²) < 4.78 is 38.1. The molecule has 0 aliphatic rings. The van der Waals surface area contributed by atoms with Gasteiger partial charge in [-0.25, -0.2) is 0 Å². The minimum absolute atomic E-state index is 0.0520. The molecule has 2 aromatic rings. The van der Waals surface area contributed by atoms with Crippen LogP contribution in [0.25, 0.3) is 10.8 Å². The fraction of sp³-hybridized carbons (Fsp3) is 0.167. The molecular formula is C12H9BrF3N. The Labute approximate surface area is 105 Å². The summed E-state index contributed by atoms with van der Waals surface area (Å²) in [4.78, 5) is 0. The van der Waals surface area contributed by atoms with Gasteiger partial charge in [-0.2, -0.15) is 13.2 Å². The molecule has 0 aliphatic carbocycles. The van der Waals surface area contributed by atoms with E-state index < -0.39 is 12.2 Å². The highest BCUT2D eigenvalue weighted by Gasteiger charge is 2.38. The third-order valence-electron chi connectivity index (χ3n) is 2.55. The summed E-state index contributed by atoms with van der Waals surface area (Å²) in [7, 11) is 0. The van der Waals surface area contributed by atoms with Gasteiger partial charge >= 0.3 is 6.18 Å². The Kier molecular flexibility index (Phi) is 3.14. The SMILES string of the molecule is N[C@@H](c1cc2ccccc2cc1Br)C(F)(F)F. The van der Waals surface area contributed by atoms with E-state index in [0.717, 1.165) is 10.8 Å². The van der Waals surface area contributed by atoms with Gasteiger partial charge in [0, 0.05) is 4.47 Å². The molecule has 0 radical (unpaired) electrons. The lowest BCUT2D eigenvalue weighted by Gasteiger charge is -2.18. The van der Waals surface area contributed by atoms with E-state index in [-0.39, 0.29) is 5.56 Å². The van der Waals surface area contributed by atoms with Crippen LogP contribution in [0.15, 0.2) is 40.9 Å². The summed E-state index contributed by atoms with van der Waals surface area (Å²) in [5, 5.41) is 1.61. The standard InChI is InChI=1S/C12H9BrF3N/c13-10-6-8-4-2-1-3-7(8)5-9(10)11(17)12(14,15)16/h1-6,11H,17H2/t11-/m0/s1. The summed E-state index contributed by atoms with van der Waals surface area (Å²) in [6.07, 6.45) is -4.44. The van der Waals surface area contributed by atoms with E-state index in [2.05, 4.69) is 15.9 Å². The van der Waals surface area contributed by atoms with E-state index in [0.29, 0.717) is 4.47 Å². The maximum absolute atomic E-state index is 12.6. The van der Waals surface area contributed by atoms with Crippen LogP contribution in [0, 0.1) is 0 Å². The highest BCUT2D eigenvalue weighted by molar-refractivity contribution is 9.10. The van der Waals surface area contributed by atoms with Crippen molar-refractivity contribution in [2.45, 2.75) is 12.2 Å². The molecule has 0 aromatic heterocycles. The molecule has 0 fully saturated rings.